The zero-order valence-electron chi connectivity index (χ0n) is 24.3. The highest BCUT2D eigenvalue weighted by atomic mass is 19.4. The van der Waals surface area contributed by atoms with Crippen LogP contribution in [-0.4, -0.2) is 82.8 Å². The number of carbonyl (C=O) groups is 4. The van der Waals surface area contributed by atoms with Crippen LogP contribution in [0.5, 0.6) is 0 Å². The van der Waals surface area contributed by atoms with Gasteiger partial charge < -0.3 is 25.6 Å². The highest BCUT2D eigenvalue weighted by Gasteiger charge is 2.70. The molecule has 0 aromatic heterocycles. The summed E-state index contributed by atoms with van der Waals surface area (Å²) in [5.41, 5.74) is -3.62. The maximum atomic E-state index is 13.7. The fourth-order valence-corrected chi connectivity index (χ4v) is 6.53. The minimum Gasteiger partial charge on any atom is -0.360 e. The van der Waals surface area contributed by atoms with E-state index in [2.05, 4.69) is 10.6 Å². The molecule has 2 saturated carbocycles. The van der Waals surface area contributed by atoms with E-state index in [1.807, 2.05) is 19.9 Å². The molecule has 2 aliphatic heterocycles. The molecular formula is C27H35F6N5O5. The molecule has 2 saturated heterocycles. The monoisotopic (exact) mass is 623 g/mol. The first-order valence-electron chi connectivity index (χ1n) is 14.0. The Morgan fingerprint density at radius 1 is 1.14 bits per heavy atom. The minimum absolute atomic E-state index is 0.00957. The first-order chi connectivity index (χ1) is 19.5. The number of ether oxygens (including phenoxy) is 1. The van der Waals surface area contributed by atoms with Gasteiger partial charge in [0.05, 0.1) is 12.2 Å². The molecule has 0 bridgehead atoms. The molecule has 4 rings (SSSR count). The predicted octanol–water partition coefficient (Wildman–Crippen LogP) is 2.33. The van der Waals surface area contributed by atoms with Crippen LogP contribution in [0, 0.1) is 34.5 Å². The van der Waals surface area contributed by atoms with Crippen molar-refractivity contribution in [3.63, 3.8) is 0 Å². The molecule has 2 heterocycles. The van der Waals surface area contributed by atoms with E-state index in [9.17, 15) is 50.8 Å². The molecule has 4 fully saturated rings. The summed E-state index contributed by atoms with van der Waals surface area (Å²) in [6, 6.07) is -2.69. The van der Waals surface area contributed by atoms with E-state index in [1.54, 1.807) is 0 Å². The number of hydrogen-bond donors (Lipinski definition) is 3. The molecule has 0 aromatic carbocycles. The number of carbonyl (C=O) groups excluding carboxylic acids is 4. The largest absolute Gasteiger partial charge is 0.471 e. The summed E-state index contributed by atoms with van der Waals surface area (Å²) in [6.45, 7) is 5.70. The second-order valence-corrected chi connectivity index (χ2v) is 13.3. The second-order valence-electron chi connectivity index (χ2n) is 13.3. The van der Waals surface area contributed by atoms with Crippen molar-refractivity contribution in [2.75, 3.05) is 6.54 Å². The van der Waals surface area contributed by atoms with E-state index in [4.69, 9.17) is 4.74 Å². The molecular weight excluding hydrogens is 588 g/mol. The Balaban J connectivity index is 1.55. The van der Waals surface area contributed by atoms with Crippen molar-refractivity contribution < 1.29 is 50.3 Å². The van der Waals surface area contributed by atoms with E-state index in [1.165, 1.54) is 5.32 Å². The fourth-order valence-electron chi connectivity index (χ4n) is 6.53. The number of amides is 4. The van der Waals surface area contributed by atoms with E-state index in [0.29, 0.717) is 20.3 Å². The van der Waals surface area contributed by atoms with E-state index >= 15 is 0 Å². The average Bonchev–Trinajstić information content (AvgIpc) is 3.58. The van der Waals surface area contributed by atoms with Crippen LogP contribution in [0.15, 0.2) is 0 Å². The lowest BCUT2D eigenvalue weighted by molar-refractivity contribution is -0.277. The molecule has 3 N–H and O–H groups in total. The molecule has 7 unspecified atom stereocenters. The van der Waals surface area contributed by atoms with Crippen molar-refractivity contribution in [3.05, 3.63) is 0 Å². The van der Waals surface area contributed by atoms with Crippen molar-refractivity contribution in [2.45, 2.75) is 108 Å². The molecule has 1 spiro atoms. The predicted molar refractivity (Wildman–Crippen MR) is 135 cm³/mol. The highest BCUT2D eigenvalue weighted by molar-refractivity contribution is 5.95. The molecule has 2 aliphatic carbocycles. The van der Waals surface area contributed by atoms with Gasteiger partial charge >= 0.3 is 18.3 Å². The molecule has 0 aromatic rings. The zero-order valence-corrected chi connectivity index (χ0v) is 24.3. The van der Waals surface area contributed by atoms with Crippen LogP contribution >= 0.6 is 0 Å². The second kappa shape index (κ2) is 10.5. The van der Waals surface area contributed by atoms with Crippen LogP contribution in [0.25, 0.3) is 0 Å². The number of alkyl halides is 6. The maximum absolute atomic E-state index is 13.7. The van der Waals surface area contributed by atoms with E-state index < -0.39 is 77.2 Å². The third kappa shape index (κ3) is 6.28. The van der Waals surface area contributed by atoms with Crippen LogP contribution in [0.3, 0.4) is 0 Å². The molecule has 43 heavy (non-hydrogen) atoms. The lowest BCUT2D eigenvalue weighted by atomic mass is 9.95. The number of nitriles is 1. The Bertz CT molecular complexity index is 1220. The van der Waals surface area contributed by atoms with E-state index in [-0.39, 0.29) is 30.3 Å². The summed E-state index contributed by atoms with van der Waals surface area (Å²) in [5.74, 6) is -6.08. The fraction of sp³-hybridized carbons (Fsp3) is 0.815. The van der Waals surface area contributed by atoms with Gasteiger partial charge in [0.15, 0.2) is 5.60 Å². The summed E-state index contributed by atoms with van der Waals surface area (Å²) >= 11 is 0. The highest BCUT2D eigenvalue weighted by Crippen LogP contribution is 2.65. The molecule has 4 aliphatic rings. The van der Waals surface area contributed by atoms with Gasteiger partial charge in [0.1, 0.15) is 18.1 Å². The maximum Gasteiger partial charge on any atom is 0.471 e. The normalized spacial score (nSPS) is 29.2. The molecule has 7 atom stereocenters. The van der Waals surface area contributed by atoms with Crippen molar-refractivity contribution >= 4 is 23.6 Å². The number of halogens is 6. The van der Waals surface area contributed by atoms with Gasteiger partial charge in [-0.3, -0.25) is 19.2 Å². The van der Waals surface area contributed by atoms with Gasteiger partial charge in [-0.25, -0.2) is 0 Å². The quantitative estimate of drug-likeness (QED) is 0.337. The number of hydrogen-bond acceptors (Lipinski definition) is 6. The Kier molecular flexibility index (Phi) is 8.03. The topological polar surface area (TPSA) is 141 Å². The smallest absolute Gasteiger partial charge is 0.360 e. The minimum atomic E-state index is -5.46. The van der Waals surface area contributed by atoms with Crippen molar-refractivity contribution in [1.82, 2.24) is 20.9 Å². The van der Waals surface area contributed by atoms with Crippen LogP contribution < -0.4 is 16.0 Å². The molecule has 4 amide bonds. The summed E-state index contributed by atoms with van der Waals surface area (Å²) < 4.78 is 85.0. The Morgan fingerprint density at radius 2 is 1.74 bits per heavy atom. The summed E-state index contributed by atoms with van der Waals surface area (Å²) in [5, 5.41) is 16.7. The summed E-state index contributed by atoms with van der Waals surface area (Å²) in [4.78, 5) is 52.5. The molecule has 240 valence electrons. The van der Waals surface area contributed by atoms with Gasteiger partial charge in [0, 0.05) is 18.0 Å². The number of rotatable bonds is 9. The Hall–Kier alpha value is -3.09. The first kappa shape index (κ1) is 32.8. The lowest BCUT2D eigenvalue weighted by Gasteiger charge is -2.38. The Morgan fingerprint density at radius 3 is 2.23 bits per heavy atom. The van der Waals surface area contributed by atoms with Crippen molar-refractivity contribution in [1.29, 1.82) is 5.26 Å². The Labute approximate surface area is 244 Å². The number of nitrogens with zero attached hydrogens (tertiary/aromatic N) is 2. The van der Waals surface area contributed by atoms with Gasteiger partial charge in [-0.2, -0.15) is 31.6 Å². The van der Waals surface area contributed by atoms with E-state index in [0.717, 1.165) is 24.7 Å². The molecule has 0 radical (unpaired) electrons. The molecule has 10 nitrogen and oxygen atoms in total. The average molecular weight is 624 g/mol. The lowest BCUT2D eigenvalue weighted by Crippen LogP contribution is -2.62. The van der Waals surface area contributed by atoms with Gasteiger partial charge in [-0.15, -0.1) is 0 Å². The standard InChI is InChI=1S/C27H35F6N5O5/c1-12(43-24(4,5)27(31,32)33)17(36-22(42)26(28,29)30)21(41)38-11-15-16(23(15,2)3)18(38)20(40)35-14(10-34)8-13-9-25(6-7-25)37-19(13)39/h12-18H,6-9,11H2,1-5H3,(H,35,40)(H,36,42)(H,37,39). The van der Waals surface area contributed by atoms with Crippen LogP contribution in [0.1, 0.15) is 60.3 Å². The third-order valence-corrected chi connectivity index (χ3v) is 9.45. The number of fused-ring (bicyclic) bond motifs is 1. The van der Waals surface area contributed by atoms with Crippen LogP contribution in [0.4, 0.5) is 26.3 Å². The zero-order chi connectivity index (χ0) is 32.5. The van der Waals surface area contributed by atoms with Crippen molar-refractivity contribution in [3.8, 4) is 6.07 Å². The SMILES string of the molecule is CC(OC(C)(C)C(F)(F)F)C(NC(=O)C(F)(F)F)C(=O)N1CC2C(C1C(=O)NC(C#N)CC1CC3(CC3)NC1=O)C2(C)C. The molecule has 16 heteroatoms. The number of nitrogens with one attached hydrogen (secondary N) is 3. The van der Waals surface area contributed by atoms with Gasteiger partial charge in [0.25, 0.3) is 0 Å². The van der Waals surface area contributed by atoms with Gasteiger partial charge in [-0.05, 0) is 63.7 Å². The van der Waals surface area contributed by atoms with Gasteiger partial charge in [-0.1, -0.05) is 13.8 Å². The van der Waals surface area contributed by atoms with Crippen LogP contribution in [0.2, 0.25) is 0 Å². The number of likely N-dealkylation sites (tertiary alicyclic amines) is 1. The number of piperidine rings is 1. The first-order valence-corrected chi connectivity index (χ1v) is 14.0. The summed E-state index contributed by atoms with van der Waals surface area (Å²) in [6.07, 6.45) is -10.2. The summed E-state index contributed by atoms with van der Waals surface area (Å²) in [7, 11) is 0. The van der Waals surface area contributed by atoms with Crippen molar-refractivity contribution in [2.24, 2.45) is 23.2 Å². The van der Waals surface area contributed by atoms with Gasteiger partial charge in [0.2, 0.25) is 17.7 Å². The third-order valence-electron chi connectivity index (χ3n) is 9.45. The van der Waals surface area contributed by atoms with Crippen LogP contribution in [-0.2, 0) is 23.9 Å².